The molecule has 0 saturated heterocycles. The zero-order valence-corrected chi connectivity index (χ0v) is 13.0. The van der Waals surface area contributed by atoms with Crippen LogP contribution in [-0.2, 0) is 6.54 Å². The van der Waals surface area contributed by atoms with Gasteiger partial charge in [0.15, 0.2) is 0 Å². The fourth-order valence-electron chi connectivity index (χ4n) is 2.96. The van der Waals surface area contributed by atoms with E-state index in [0.717, 1.165) is 25.1 Å². The van der Waals surface area contributed by atoms with E-state index >= 15 is 0 Å². The highest BCUT2D eigenvalue weighted by Gasteiger charge is 2.31. The van der Waals surface area contributed by atoms with Crippen LogP contribution in [0.15, 0.2) is 49.2 Å². The maximum Gasteiger partial charge on any atom is 0.270 e. The van der Waals surface area contributed by atoms with Gasteiger partial charge in [0.05, 0.1) is 11.9 Å². The van der Waals surface area contributed by atoms with Crippen molar-refractivity contribution in [3.8, 4) is 5.69 Å². The summed E-state index contributed by atoms with van der Waals surface area (Å²) in [6, 6.07) is 5.60. The Labute approximate surface area is 138 Å². The Kier molecular flexibility index (Phi) is 3.78. The summed E-state index contributed by atoms with van der Waals surface area (Å²) in [7, 11) is 0. The lowest BCUT2D eigenvalue weighted by molar-refractivity contribution is 0.0874. The molecule has 0 bridgehead atoms. The molecule has 1 saturated carbocycles. The van der Waals surface area contributed by atoms with Crippen molar-refractivity contribution in [2.45, 2.75) is 25.4 Å². The van der Waals surface area contributed by atoms with Crippen molar-refractivity contribution in [2.24, 2.45) is 5.92 Å². The predicted octanol–water partition coefficient (Wildman–Crippen LogP) is 1.07. The molecule has 24 heavy (non-hydrogen) atoms. The second kappa shape index (κ2) is 6.23. The summed E-state index contributed by atoms with van der Waals surface area (Å²) in [4.78, 5) is 16.5. The van der Waals surface area contributed by atoms with Crippen LogP contribution in [0.25, 0.3) is 5.69 Å². The molecule has 1 fully saturated rings. The van der Waals surface area contributed by atoms with Crippen LogP contribution in [0, 0.1) is 5.92 Å². The largest absolute Gasteiger partial charge is 0.348 e. The van der Waals surface area contributed by atoms with Crippen molar-refractivity contribution >= 4 is 5.91 Å². The number of amides is 1. The van der Waals surface area contributed by atoms with Crippen LogP contribution in [0.4, 0.5) is 0 Å². The maximum absolute atomic E-state index is 12.4. The lowest BCUT2D eigenvalue weighted by Gasteiger charge is -2.35. The lowest BCUT2D eigenvalue weighted by atomic mass is 9.80. The van der Waals surface area contributed by atoms with Crippen LogP contribution in [0.5, 0.6) is 0 Å². The van der Waals surface area contributed by atoms with E-state index in [0.29, 0.717) is 11.6 Å². The smallest absolute Gasteiger partial charge is 0.270 e. The number of rotatable bonds is 5. The quantitative estimate of drug-likeness (QED) is 0.758. The van der Waals surface area contributed by atoms with Crippen molar-refractivity contribution in [3.63, 3.8) is 0 Å². The zero-order chi connectivity index (χ0) is 16.4. The van der Waals surface area contributed by atoms with Crippen LogP contribution in [0.3, 0.4) is 0 Å². The third-order valence-electron chi connectivity index (χ3n) is 4.23. The minimum Gasteiger partial charge on any atom is -0.348 e. The summed E-state index contributed by atoms with van der Waals surface area (Å²) in [5.74, 6) is 0.383. The highest BCUT2D eigenvalue weighted by atomic mass is 16.1. The van der Waals surface area contributed by atoms with Gasteiger partial charge in [-0.3, -0.25) is 14.5 Å². The number of nitrogens with one attached hydrogen (secondary N) is 1. The number of pyridine rings is 1. The monoisotopic (exact) mass is 323 g/mol. The summed E-state index contributed by atoms with van der Waals surface area (Å²) in [5.41, 5.74) is 1.22. The first-order valence-corrected chi connectivity index (χ1v) is 7.89. The van der Waals surface area contributed by atoms with Crippen molar-refractivity contribution in [2.75, 3.05) is 0 Å². The van der Waals surface area contributed by atoms with Crippen molar-refractivity contribution in [1.29, 1.82) is 0 Å². The van der Waals surface area contributed by atoms with E-state index < -0.39 is 0 Å². The minimum absolute atomic E-state index is 0.145. The average Bonchev–Trinajstić information content (AvgIpc) is 3.26. The van der Waals surface area contributed by atoms with E-state index in [2.05, 4.69) is 25.7 Å². The molecular weight excluding hydrogens is 306 g/mol. The fraction of sp³-hybridized carbons (Fsp3) is 0.312. The number of hydrogen-bond acceptors (Lipinski definition) is 5. The van der Waals surface area contributed by atoms with Gasteiger partial charge < -0.3 is 5.32 Å². The predicted molar refractivity (Wildman–Crippen MR) is 85.4 cm³/mol. The molecule has 0 aliphatic heterocycles. The van der Waals surface area contributed by atoms with E-state index in [4.69, 9.17) is 0 Å². The van der Waals surface area contributed by atoms with E-state index in [1.165, 1.54) is 0 Å². The van der Waals surface area contributed by atoms with E-state index in [-0.39, 0.29) is 11.9 Å². The Morgan fingerprint density at radius 3 is 2.92 bits per heavy atom. The Morgan fingerprint density at radius 2 is 2.17 bits per heavy atom. The number of nitrogens with zero attached hydrogens (tertiary/aromatic N) is 6. The van der Waals surface area contributed by atoms with Gasteiger partial charge in [0.1, 0.15) is 5.69 Å². The van der Waals surface area contributed by atoms with Gasteiger partial charge in [-0.15, -0.1) is 5.10 Å². The van der Waals surface area contributed by atoms with E-state index in [1.807, 2.05) is 29.2 Å². The standard InChI is InChI=1S/C16H17N7O/c24-16(15-10-14(2-4-17-15)23-6-1-3-19-23)20-13-8-12(9-13)11-22-7-5-18-21-22/h1-7,10,12-13H,8-9,11H2,(H,20,24). The number of carbonyl (C=O) groups excluding carboxylic acids is 1. The molecule has 1 amide bonds. The van der Waals surface area contributed by atoms with E-state index in [9.17, 15) is 4.79 Å². The average molecular weight is 323 g/mol. The van der Waals surface area contributed by atoms with Gasteiger partial charge in [-0.05, 0) is 37.0 Å². The van der Waals surface area contributed by atoms with Crippen LogP contribution < -0.4 is 5.32 Å². The Hall–Kier alpha value is -3.03. The zero-order valence-electron chi connectivity index (χ0n) is 13.0. The van der Waals surface area contributed by atoms with Crippen molar-refractivity contribution < 1.29 is 4.79 Å². The topological polar surface area (TPSA) is 90.5 Å². The number of aromatic nitrogens is 6. The van der Waals surface area contributed by atoms with Crippen LogP contribution in [0.2, 0.25) is 0 Å². The molecule has 0 aromatic carbocycles. The molecule has 0 radical (unpaired) electrons. The molecule has 0 atom stereocenters. The second-order valence-corrected chi connectivity index (χ2v) is 5.98. The van der Waals surface area contributed by atoms with Gasteiger partial charge in [-0.2, -0.15) is 5.10 Å². The molecule has 4 rings (SSSR count). The molecule has 8 heteroatoms. The molecule has 3 aromatic heterocycles. The number of hydrogen-bond donors (Lipinski definition) is 1. The first-order chi connectivity index (χ1) is 11.8. The SMILES string of the molecule is O=C(NC1CC(Cn2ccnn2)C1)c1cc(-n2cccn2)ccn1. The third kappa shape index (κ3) is 3.03. The molecule has 0 unspecified atom stereocenters. The Balaban J connectivity index is 1.33. The lowest BCUT2D eigenvalue weighted by Crippen LogP contribution is -2.45. The van der Waals surface area contributed by atoms with Gasteiger partial charge in [-0.25, -0.2) is 4.68 Å². The highest BCUT2D eigenvalue weighted by molar-refractivity contribution is 5.93. The van der Waals surface area contributed by atoms with Crippen LogP contribution in [-0.4, -0.2) is 41.7 Å². The molecule has 122 valence electrons. The summed E-state index contributed by atoms with van der Waals surface area (Å²) in [6.45, 7) is 0.847. The molecule has 1 N–H and O–H groups in total. The molecular formula is C16H17N7O. The summed E-state index contributed by atoms with van der Waals surface area (Å²) < 4.78 is 3.54. The first kappa shape index (κ1) is 14.6. The molecule has 8 nitrogen and oxygen atoms in total. The van der Waals surface area contributed by atoms with Gasteiger partial charge in [-0.1, -0.05) is 5.21 Å². The second-order valence-electron chi connectivity index (χ2n) is 5.98. The molecule has 3 aromatic rings. The normalized spacial score (nSPS) is 19.7. The van der Waals surface area contributed by atoms with Crippen LogP contribution in [0.1, 0.15) is 23.3 Å². The summed E-state index contributed by atoms with van der Waals surface area (Å²) in [5, 5.41) is 15.0. The van der Waals surface area contributed by atoms with Crippen LogP contribution >= 0.6 is 0 Å². The maximum atomic E-state index is 12.4. The van der Waals surface area contributed by atoms with Crippen molar-refractivity contribution in [1.82, 2.24) is 35.1 Å². The molecule has 1 aliphatic rings. The molecule has 3 heterocycles. The van der Waals surface area contributed by atoms with Crippen molar-refractivity contribution in [3.05, 3.63) is 54.9 Å². The number of carbonyl (C=O) groups is 1. The highest BCUT2D eigenvalue weighted by Crippen LogP contribution is 2.28. The Morgan fingerprint density at radius 1 is 1.25 bits per heavy atom. The Bertz CT molecular complexity index is 807. The minimum atomic E-state index is -0.145. The van der Waals surface area contributed by atoms with Gasteiger partial charge in [0.2, 0.25) is 0 Å². The first-order valence-electron chi connectivity index (χ1n) is 7.89. The fourth-order valence-corrected chi connectivity index (χ4v) is 2.96. The van der Waals surface area contributed by atoms with Gasteiger partial charge >= 0.3 is 0 Å². The van der Waals surface area contributed by atoms with Gasteiger partial charge in [0, 0.05) is 37.4 Å². The molecule has 0 spiro atoms. The molecule has 1 aliphatic carbocycles. The summed E-state index contributed by atoms with van der Waals surface area (Å²) >= 11 is 0. The summed E-state index contributed by atoms with van der Waals surface area (Å²) in [6.07, 6.45) is 10.6. The van der Waals surface area contributed by atoms with Gasteiger partial charge in [0.25, 0.3) is 5.91 Å². The van der Waals surface area contributed by atoms with E-state index in [1.54, 1.807) is 29.3 Å². The third-order valence-corrected chi connectivity index (χ3v) is 4.23.